The van der Waals surface area contributed by atoms with Crippen LogP contribution in [-0.2, 0) is 11.2 Å². The Morgan fingerprint density at radius 1 is 1.19 bits per heavy atom. The number of carbonyl (C=O) groups is 2. The topological polar surface area (TPSA) is 101 Å². The number of nitrogens with one attached hydrogen (secondary N) is 2. The van der Waals surface area contributed by atoms with Gasteiger partial charge in [-0.3, -0.25) is 20.4 Å². The molecule has 2 aromatic heterocycles. The van der Waals surface area contributed by atoms with Gasteiger partial charge in [-0.1, -0.05) is 23.2 Å². The number of fused-ring (bicyclic) bond motifs is 1. The van der Waals surface area contributed by atoms with E-state index in [4.69, 9.17) is 23.2 Å². The third kappa shape index (κ3) is 4.17. The van der Waals surface area contributed by atoms with Crippen LogP contribution in [0.2, 0.25) is 10.0 Å². The van der Waals surface area contributed by atoms with Crippen molar-refractivity contribution in [2.75, 3.05) is 0 Å². The summed E-state index contributed by atoms with van der Waals surface area (Å²) in [6.45, 7) is 3.75. The molecule has 0 radical (unpaired) electrons. The predicted molar refractivity (Wildman–Crippen MR) is 101 cm³/mol. The maximum absolute atomic E-state index is 12.1. The van der Waals surface area contributed by atoms with Crippen molar-refractivity contribution in [3.63, 3.8) is 0 Å². The second kappa shape index (κ2) is 7.89. The highest BCUT2D eigenvalue weighted by Gasteiger charge is 2.14. The summed E-state index contributed by atoms with van der Waals surface area (Å²) in [7, 11) is 0. The molecule has 2 amide bonds. The molecular formula is C17H16Cl2N6O2. The van der Waals surface area contributed by atoms with Crippen molar-refractivity contribution in [2.24, 2.45) is 0 Å². The first-order chi connectivity index (χ1) is 12.9. The number of amides is 2. The molecule has 0 aliphatic carbocycles. The molecule has 0 aliphatic heterocycles. The zero-order valence-corrected chi connectivity index (χ0v) is 16.1. The lowest BCUT2D eigenvalue weighted by Gasteiger charge is -2.11. The molecule has 2 heterocycles. The molecule has 0 fully saturated rings. The Labute approximate surface area is 164 Å². The van der Waals surface area contributed by atoms with Crippen molar-refractivity contribution in [3.05, 3.63) is 57.1 Å². The molecule has 0 atom stereocenters. The number of hydrogen-bond acceptors (Lipinski definition) is 5. The first-order valence-electron chi connectivity index (χ1n) is 8.07. The number of rotatable bonds is 4. The molecule has 140 valence electrons. The van der Waals surface area contributed by atoms with Crippen molar-refractivity contribution in [1.29, 1.82) is 0 Å². The summed E-state index contributed by atoms with van der Waals surface area (Å²) in [6.07, 6.45) is 2.04. The zero-order chi connectivity index (χ0) is 19.6. The summed E-state index contributed by atoms with van der Waals surface area (Å²) in [5.41, 5.74) is 7.45. The fraction of sp³-hybridized carbons (Fsp3) is 0.235. The number of nitrogens with zero attached hydrogens (tertiary/aromatic N) is 4. The van der Waals surface area contributed by atoms with Crippen LogP contribution in [0.15, 0.2) is 24.5 Å². The summed E-state index contributed by atoms with van der Waals surface area (Å²) >= 11 is 11.8. The van der Waals surface area contributed by atoms with E-state index in [1.807, 2.05) is 13.8 Å². The van der Waals surface area contributed by atoms with E-state index >= 15 is 0 Å². The van der Waals surface area contributed by atoms with Gasteiger partial charge in [0.25, 0.3) is 11.7 Å². The molecule has 27 heavy (non-hydrogen) atoms. The Morgan fingerprint density at radius 2 is 1.96 bits per heavy atom. The van der Waals surface area contributed by atoms with Crippen LogP contribution in [-0.4, -0.2) is 31.4 Å². The second-order valence-electron chi connectivity index (χ2n) is 5.86. The Bertz CT molecular complexity index is 1030. The van der Waals surface area contributed by atoms with Crippen LogP contribution in [0.4, 0.5) is 0 Å². The van der Waals surface area contributed by atoms with Crippen LogP contribution in [0.1, 0.15) is 33.7 Å². The number of hydrazine groups is 1. The molecule has 0 spiro atoms. The Kier molecular flexibility index (Phi) is 5.57. The van der Waals surface area contributed by atoms with Gasteiger partial charge in [0, 0.05) is 22.8 Å². The quantitative estimate of drug-likeness (QED) is 0.647. The van der Waals surface area contributed by atoms with Gasteiger partial charge in [-0.2, -0.15) is 10.1 Å². The van der Waals surface area contributed by atoms with E-state index in [9.17, 15) is 9.59 Å². The molecule has 3 aromatic rings. The minimum Gasteiger partial charge on any atom is -0.273 e. The molecule has 0 bridgehead atoms. The van der Waals surface area contributed by atoms with Gasteiger partial charge in [-0.05, 0) is 44.0 Å². The first kappa shape index (κ1) is 19.1. The average Bonchev–Trinajstić information content (AvgIpc) is 3.10. The summed E-state index contributed by atoms with van der Waals surface area (Å²) in [4.78, 5) is 32.7. The van der Waals surface area contributed by atoms with Crippen molar-refractivity contribution in [3.8, 4) is 0 Å². The van der Waals surface area contributed by atoms with Gasteiger partial charge < -0.3 is 0 Å². The van der Waals surface area contributed by atoms with Crippen molar-refractivity contribution < 1.29 is 9.59 Å². The molecule has 10 heteroatoms. The number of hydrogen-bond donors (Lipinski definition) is 2. The van der Waals surface area contributed by atoms with E-state index in [2.05, 4.69) is 25.9 Å². The summed E-state index contributed by atoms with van der Waals surface area (Å²) in [5.74, 6) is -0.378. The van der Waals surface area contributed by atoms with Gasteiger partial charge in [0.1, 0.15) is 6.33 Å². The minimum absolute atomic E-state index is 0.160. The molecule has 8 nitrogen and oxygen atoms in total. The normalized spacial score (nSPS) is 10.8. The van der Waals surface area contributed by atoms with Gasteiger partial charge >= 0.3 is 0 Å². The predicted octanol–water partition coefficient (Wildman–Crippen LogP) is 2.44. The molecule has 1 aromatic carbocycles. The lowest BCUT2D eigenvalue weighted by atomic mass is 10.1. The fourth-order valence-corrected chi connectivity index (χ4v) is 3.06. The maximum Gasteiger partial charge on any atom is 0.271 e. The number of aryl methyl sites for hydroxylation is 2. The summed E-state index contributed by atoms with van der Waals surface area (Å²) < 4.78 is 1.63. The molecule has 0 saturated heterocycles. The van der Waals surface area contributed by atoms with E-state index in [1.54, 1.807) is 10.6 Å². The maximum atomic E-state index is 12.1. The summed E-state index contributed by atoms with van der Waals surface area (Å²) in [6, 6.07) is 4.51. The van der Waals surface area contributed by atoms with Crippen molar-refractivity contribution in [1.82, 2.24) is 30.4 Å². The molecular weight excluding hydrogens is 391 g/mol. The minimum atomic E-state index is -0.547. The SMILES string of the molecule is Cc1nc2ncnn2c(C)c1CCC(=O)NNC(=O)c1cc(Cl)ccc1Cl. The van der Waals surface area contributed by atoms with Crippen LogP contribution < -0.4 is 10.9 Å². The van der Waals surface area contributed by atoms with Gasteiger partial charge in [-0.15, -0.1) is 0 Å². The fourth-order valence-electron chi connectivity index (χ4n) is 2.68. The van der Waals surface area contributed by atoms with Crippen LogP contribution in [0.25, 0.3) is 5.78 Å². The van der Waals surface area contributed by atoms with E-state index in [-0.39, 0.29) is 22.9 Å². The van der Waals surface area contributed by atoms with E-state index in [1.165, 1.54) is 18.5 Å². The zero-order valence-electron chi connectivity index (χ0n) is 14.6. The van der Waals surface area contributed by atoms with Crippen LogP contribution in [0.3, 0.4) is 0 Å². The average molecular weight is 407 g/mol. The smallest absolute Gasteiger partial charge is 0.271 e. The Hall–Kier alpha value is -2.71. The van der Waals surface area contributed by atoms with E-state index in [0.717, 1.165) is 17.0 Å². The third-order valence-corrected chi connectivity index (χ3v) is 4.64. The second-order valence-corrected chi connectivity index (χ2v) is 6.70. The number of benzene rings is 1. The molecule has 2 N–H and O–H groups in total. The number of aromatic nitrogens is 4. The molecule has 0 unspecified atom stereocenters. The Balaban J connectivity index is 1.60. The highest BCUT2D eigenvalue weighted by molar-refractivity contribution is 6.35. The third-order valence-electron chi connectivity index (χ3n) is 4.08. The highest BCUT2D eigenvalue weighted by atomic mass is 35.5. The van der Waals surface area contributed by atoms with E-state index < -0.39 is 5.91 Å². The monoisotopic (exact) mass is 406 g/mol. The van der Waals surface area contributed by atoms with Crippen LogP contribution in [0.5, 0.6) is 0 Å². The van der Waals surface area contributed by atoms with E-state index in [0.29, 0.717) is 17.2 Å². The van der Waals surface area contributed by atoms with Gasteiger partial charge in [-0.25, -0.2) is 9.50 Å². The molecule has 0 saturated carbocycles. The van der Waals surface area contributed by atoms with Crippen molar-refractivity contribution >= 4 is 40.8 Å². The lowest BCUT2D eigenvalue weighted by Crippen LogP contribution is -2.41. The Morgan fingerprint density at radius 3 is 2.74 bits per heavy atom. The van der Waals surface area contributed by atoms with Gasteiger partial charge in [0.15, 0.2) is 0 Å². The van der Waals surface area contributed by atoms with Gasteiger partial charge in [0.2, 0.25) is 5.91 Å². The number of halogens is 2. The van der Waals surface area contributed by atoms with Gasteiger partial charge in [0.05, 0.1) is 10.6 Å². The largest absolute Gasteiger partial charge is 0.273 e. The van der Waals surface area contributed by atoms with Crippen molar-refractivity contribution in [2.45, 2.75) is 26.7 Å². The summed E-state index contributed by atoms with van der Waals surface area (Å²) in [5, 5.41) is 4.73. The first-order valence-corrected chi connectivity index (χ1v) is 8.82. The standard InChI is InChI=1S/C17H16Cl2N6O2/c1-9-12(10(2)25-17(22-9)20-8-21-25)4-6-15(26)23-24-16(27)13-7-11(18)3-5-14(13)19/h3,5,7-8H,4,6H2,1-2H3,(H,23,26)(H,24,27). The molecule has 0 aliphatic rings. The lowest BCUT2D eigenvalue weighted by molar-refractivity contribution is -0.121. The highest BCUT2D eigenvalue weighted by Crippen LogP contribution is 2.20. The van der Waals surface area contributed by atoms with Crippen LogP contribution >= 0.6 is 23.2 Å². The number of carbonyl (C=O) groups excluding carboxylic acids is 2. The molecule has 3 rings (SSSR count). The van der Waals surface area contributed by atoms with Crippen LogP contribution in [0, 0.1) is 13.8 Å².